The topological polar surface area (TPSA) is 66.4 Å². The molecular formula is C12H19NO3. The lowest BCUT2D eigenvalue weighted by molar-refractivity contribution is -0.123. The molecular weight excluding hydrogens is 206 g/mol. The van der Waals surface area contributed by atoms with Gasteiger partial charge in [0.1, 0.15) is 0 Å². The number of Topliss-reactive ketones (excluding diaryl/α,β-unsaturated/α-hetero) is 2. The standard InChI is InChI=1S/C12H19NO3/c1-3-9(13-7-8(2)14)12-10(15)5-4-6-11(12)16/h8,13-14H,3-7H2,1-2H3. The monoisotopic (exact) mass is 225 g/mol. The van der Waals surface area contributed by atoms with Gasteiger partial charge in [0, 0.05) is 25.1 Å². The van der Waals surface area contributed by atoms with Crippen LogP contribution in [0.2, 0.25) is 0 Å². The largest absolute Gasteiger partial charge is 0.392 e. The van der Waals surface area contributed by atoms with Crippen LogP contribution in [0.5, 0.6) is 0 Å². The number of allylic oxidation sites excluding steroid dienone is 2. The van der Waals surface area contributed by atoms with Gasteiger partial charge in [0.05, 0.1) is 11.7 Å². The van der Waals surface area contributed by atoms with Gasteiger partial charge in [-0.3, -0.25) is 9.59 Å². The number of aliphatic hydroxyl groups is 1. The maximum atomic E-state index is 11.7. The van der Waals surface area contributed by atoms with Gasteiger partial charge >= 0.3 is 0 Å². The Morgan fingerprint density at radius 2 is 1.94 bits per heavy atom. The van der Waals surface area contributed by atoms with E-state index in [0.29, 0.717) is 43.5 Å². The fraction of sp³-hybridized carbons (Fsp3) is 0.667. The molecule has 1 fully saturated rings. The van der Waals surface area contributed by atoms with E-state index in [-0.39, 0.29) is 11.6 Å². The lowest BCUT2D eigenvalue weighted by atomic mass is 9.90. The first-order valence-corrected chi connectivity index (χ1v) is 5.77. The molecule has 1 aliphatic carbocycles. The van der Waals surface area contributed by atoms with E-state index in [9.17, 15) is 14.7 Å². The van der Waals surface area contributed by atoms with Crippen molar-refractivity contribution >= 4 is 11.6 Å². The third-order valence-electron chi connectivity index (χ3n) is 2.63. The van der Waals surface area contributed by atoms with Crippen molar-refractivity contribution in [3.63, 3.8) is 0 Å². The van der Waals surface area contributed by atoms with Crippen LogP contribution in [0, 0.1) is 0 Å². The lowest BCUT2D eigenvalue weighted by Crippen LogP contribution is -2.29. The molecule has 1 saturated carbocycles. The average Bonchev–Trinajstić information content (AvgIpc) is 2.22. The molecule has 0 heterocycles. The molecule has 1 unspecified atom stereocenters. The first kappa shape index (κ1) is 12.9. The summed E-state index contributed by atoms with van der Waals surface area (Å²) < 4.78 is 0. The summed E-state index contributed by atoms with van der Waals surface area (Å²) in [5, 5.41) is 12.2. The molecule has 0 amide bonds. The zero-order valence-corrected chi connectivity index (χ0v) is 9.88. The Kier molecular flexibility index (Phi) is 4.68. The summed E-state index contributed by atoms with van der Waals surface area (Å²) in [7, 11) is 0. The van der Waals surface area contributed by atoms with Crippen LogP contribution in [0.1, 0.15) is 39.5 Å². The quantitative estimate of drug-likeness (QED) is 0.552. The number of ketones is 2. The van der Waals surface area contributed by atoms with Gasteiger partial charge in [-0.25, -0.2) is 0 Å². The molecule has 1 aliphatic rings. The zero-order chi connectivity index (χ0) is 12.1. The van der Waals surface area contributed by atoms with Crippen LogP contribution in [0.15, 0.2) is 11.3 Å². The number of carbonyl (C=O) groups is 2. The van der Waals surface area contributed by atoms with Crippen molar-refractivity contribution in [3.8, 4) is 0 Å². The van der Waals surface area contributed by atoms with Crippen molar-refractivity contribution in [1.29, 1.82) is 0 Å². The summed E-state index contributed by atoms with van der Waals surface area (Å²) in [5.41, 5.74) is 1.00. The third-order valence-corrected chi connectivity index (χ3v) is 2.63. The first-order chi connectivity index (χ1) is 7.56. The summed E-state index contributed by atoms with van der Waals surface area (Å²) >= 11 is 0. The number of hydrogen-bond acceptors (Lipinski definition) is 4. The molecule has 4 heteroatoms. The molecule has 0 aromatic rings. The molecule has 0 spiro atoms. The van der Waals surface area contributed by atoms with Crippen LogP contribution < -0.4 is 5.32 Å². The number of aliphatic hydroxyl groups excluding tert-OH is 1. The van der Waals surface area contributed by atoms with Gasteiger partial charge < -0.3 is 10.4 Å². The van der Waals surface area contributed by atoms with Crippen LogP contribution in [-0.4, -0.2) is 29.3 Å². The molecule has 1 atom stereocenters. The van der Waals surface area contributed by atoms with Crippen molar-refractivity contribution in [1.82, 2.24) is 5.32 Å². The Morgan fingerprint density at radius 3 is 2.38 bits per heavy atom. The van der Waals surface area contributed by atoms with E-state index in [2.05, 4.69) is 5.32 Å². The van der Waals surface area contributed by atoms with E-state index < -0.39 is 6.10 Å². The van der Waals surface area contributed by atoms with Crippen molar-refractivity contribution in [2.75, 3.05) is 6.54 Å². The molecule has 90 valence electrons. The van der Waals surface area contributed by atoms with Crippen molar-refractivity contribution in [2.45, 2.75) is 45.6 Å². The Hall–Kier alpha value is -1.16. The van der Waals surface area contributed by atoms with Gasteiger partial charge in [0.25, 0.3) is 0 Å². The molecule has 0 aliphatic heterocycles. The predicted molar refractivity (Wildman–Crippen MR) is 60.9 cm³/mol. The smallest absolute Gasteiger partial charge is 0.168 e. The molecule has 0 saturated heterocycles. The highest BCUT2D eigenvalue weighted by atomic mass is 16.3. The van der Waals surface area contributed by atoms with Crippen LogP contribution >= 0.6 is 0 Å². The normalized spacial score (nSPS) is 18.6. The van der Waals surface area contributed by atoms with Crippen LogP contribution in [0.25, 0.3) is 0 Å². The van der Waals surface area contributed by atoms with Crippen molar-refractivity contribution < 1.29 is 14.7 Å². The molecule has 16 heavy (non-hydrogen) atoms. The average molecular weight is 225 g/mol. The number of carbonyl (C=O) groups excluding carboxylic acids is 2. The lowest BCUT2D eigenvalue weighted by Gasteiger charge is -2.18. The second-order valence-electron chi connectivity index (χ2n) is 4.14. The van der Waals surface area contributed by atoms with Gasteiger partial charge in [0.15, 0.2) is 11.6 Å². The second kappa shape index (κ2) is 5.80. The third kappa shape index (κ3) is 3.17. The van der Waals surface area contributed by atoms with E-state index in [1.807, 2.05) is 6.92 Å². The van der Waals surface area contributed by atoms with Crippen LogP contribution in [0.4, 0.5) is 0 Å². The van der Waals surface area contributed by atoms with E-state index in [0.717, 1.165) is 0 Å². The number of rotatable bonds is 4. The number of nitrogens with one attached hydrogen (secondary N) is 1. The van der Waals surface area contributed by atoms with Gasteiger partial charge in [-0.2, -0.15) is 0 Å². The minimum atomic E-state index is -0.490. The summed E-state index contributed by atoms with van der Waals surface area (Å²) in [5.74, 6) is -0.127. The maximum Gasteiger partial charge on any atom is 0.168 e. The van der Waals surface area contributed by atoms with Crippen molar-refractivity contribution in [3.05, 3.63) is 11.3 Å². The van der Waals surface area contributed by atoms with Gasteiger partial charge in [-0.15, -0.1) is 0 Å². The molecule has 2 N–H and O–H groups in total. The predicted octanol–water partition coefficient (Wildman–Crippen LogP) is 0.943. The second-order valence-corrected chi connectivity index (χ2v) is 4.14. The molecule has 0 bridgehead atoms. The molecule has 1 rings (SSSR count). The minimum absolute atomic E-state index is 0.0637. The maximum absolute atomic E-state index is 11.7. The molecule has 4 nitrogen and oxygen atoms in total. The van der Waals surface area contributed by atoms with E-state index in [4.69, 9.17) is 0 Å². The van der Waals surface area contributed by atoms with Crippen LogP contribution in [0.3, 0.4) is 0 Å². The Morgan fingerprint density at radius 1 is 1.38 bits per heavy atom. The van der Waals surface area contributed by atoms with Crippen molar-refractivity contribution in [2.24, 2.45) is 0 Å². The Labute approximate surface area is 95.7 Å². The van der Waals surface area contributed by atoms with Crippen LogP contribution in [-0.2, 0) is 9.59 Å². The number of hydrogen-bond donors (Lipinski definition) is 2. The summed E-state index contributed by atoms with van der Waals surface area (Å²) in [6, 6.07) is 0. The van der Waals surface area contributed by atoms with E-state index in [1.165, 1.54) is 0 Å². The minimum Gasteiger partial charge on any atom is -0.392 e. The van der Waals surface area contributed by atoms with Gasteiger partial charge in [0.2, 0.25) is 0 Å². The highest BCUT2D eigenvalue weighted by molar-refractivity contribution is 6.22. The SMILES string of the molecule is CCC(NCC(C)O)=C1C(=O)CCCC1=O. The fourth-order valence-corrected chi connectivity index (χ4v) is 1.81. The van der Waals surface area contributed by atoms with Gasteiger partial charge in [-0.05, 0) is 19.8 Å². The summed E-state index contributed by atoms with van der Waals surface area (Å²) in [6.45, 7) is 3.93. The highest BCUT2D eigenvalue weighted by Gasteiger charge is 2.26. The summed E-state index contributed by atoms with van der Waals surface area (Å²) in [4.78, 5) is 23.3. The molecule has 0 aromatic carbocycles. The Bertz CT molecular complexity index is 300. The zero-order valence-electron chi connectivity index (χ0n) is 9.88. The summed E-state index contributed by atoms with van der Waals surface area (Å²) in [6.07, 6.45) is 1.70. The van der Waals surface area contributed by atoms with E-state index in [1.54, 1.807) is 6.92 Å². The first-order valence-electron chi connectivity index (χ1n) is 5.77. The molecule has 0 aromatic heterocycles. The van der Waals surface area contributed by atoms with Gasteiger partial charge in [-0.1, -0.05) is 6.92 Å². The Balaban J connectivity index is 2.86. The van der Waals surface area contributed by atoms with E-state index >= 15 is 0 Å². The highest BCUT2D eigenvalue weighted by Crippen LogP contribution is 2.20. The fourth-order valence-electron chi connectivity index (χ4n) is 1.81. The molecule has 0 radical (unpaired) electrons.